The minimum atomic E-state index is -0.552. The summed E-state index contributed by atoms with van der Waals surface area (Å²) in [4.78, 5) is 12.8. The summed E-state index contributed by atoms with van der Waals surface area (Å²) in [5.74, 6) is 1.06. The van der Waals surface area contributed by atoms with Gasteiger partial charge in [0.05, 0.1) is 6.04 Å². The molecular formula is C24H33NO2. The van der Waals surface area contributed by atoms with Crippen LogP contribution in [-0.2, 0) is 4.79 Å². The lowest BCUT2D eigenvalue weighted by Crippen LogP contribution is -2.38. The van der Waals surface area contributed by atoms with Crippen LogP contribution in [0.2, 0.25) is 0 Å². The van der Waals surface area contributed by atoms with Crippen molar-refractivity contribution in [2.75, 3.05) is 0 Å². The number of hydrogen-bond acceptors (Lipinski definition) is 2. The third-order valence-electron chi connectivity index (χ3n) is 4.99. The van der Waals surface area contributed by atoms with Gasteiger partial charge in [-0.2, -0.15) is 0 Å². The minimum absolute atomic E-state index is 0.00812. The Balaban J connectivity index is 2.14. The predicted octanol–water partition coefficient (Wildman–Crippen LogP) is 5.77. The molecule has 0 aromatic heterocycles. The van der Waals surface area contributed by atoms with Gasteiger partial charge in [0.25, 0.3) is 5.91 Å². The Hall–Kier alpha value is -2.29. The second kappa shape index (κ2) is 9.07. The van der Waals surface area contributed by atoms with E-state index in [1.165, 1.54) is 16.7 Å². The van der Waals surface area contributed by atoms with E-state index >= 15 is 0 Å². The van der Waals surface area contributed by atoms with Crippen molar-refractivity contribution in [2.24, 2.45) is 0 Å². The Morgan fingerprint density at radius 2 is 1.56 bits per heavy atom. The van der Waals surface area contributed by atoms with Crippen molar-refractivity contribution in [3.05, 3.63) is 64.2 Å². The summed E-state index contributed by atoms with van der Waals surface area (Å²) in [5.41, 5.74) is 5.86. The number of nitrogens with one attached hydrogen (secondary N) is 1. The first kappa shape index (κ1) is 21.0. The van der Waals surface area contributed by atoms with Crippen LogP contribution in [0.5, 0.6) is 5.75 Å². The fourth-order valence-corrected chi connectivity index (χ4v) is 3.37. The van der Waals surface area contributed by atoms with Crippen molar-refractivity contribution < 1.29 is 9.53 Å². The van der Waals surface area contributed by atoms with Crippen LogP contribution >= 0.6 is 0 Å². The largest absolute Gasteiger partial charge is 0.481 e. The highest BCUT2D eigenvalue weighted by atomic mass is 16.5. The van der Waals surface area contributed by atoms with Gasteiger partial charge in [-0.1, -0.05) is 56.7 Å². The fourth-order valence-electron chi connectivity index (χ4n) is 3.37. The molecular weight excluding hydrogens is 334 g/mol. The third kappa shape index (κ3) is 5.35. The summed E-state index contributed by atoms with van der Waals surface area (Å²) in [6.45, 7) is 14.4. The number of amides is 1. The van der Waals surface area contributed by atoms with Gasteiger partial charge < -0.3 is 10.1 Å². The molecule has 0 bridgehead atoms. The van der Waals surface area contributed by atoms with Gasteiger partial charge >= 0.3 is 0 Å². The number of carbonyl (C=O) groups is 1. The number of aryl methyl sites for hydroxylation is 3. The van der Waals surface area contributed by atoms with E-state index in [0.717, 1.165) is 23.3 Å². The Kier molecular flexibility index (Phi) is 7.06. The number of benzene rings is 2. The van der Waals surface area contributed by atoms with E-state index in [9.17, 15) is 4.79 Å². The van der Waals surface area contributed by atoms with Crippen molar-refractivity contribution >= 4 is 5.91 Å². The van der Waals surface area contributed by atoms with Gasteiger partial charge in [-0.15, -0.1) is 0 Å². The highest BCUT2D eigenvalue weighted by Crippen LogP contribution is 2.28. The fraction of sp³-hybridized carbons (Fsp3) is 0.458. The molecule has 0 aliphatic rings. The SMILES string of the molecule is CC[C@@H](NC(=O)[C@H](C)Oc1cc(C)ccc1C(C)C)c1ccc(C)cc1C. The van der Waals surface area contributed by atoms with Crippen LogP contribution in [0.4, 0.5) is 0 Å². The average molecular weight is 368 g/mol. The topological polar surface area (TPSA) is 38.3 Å². The third-order valence-corrected chi connectivity index (χ3v) is 4.99. The maximum absolute atomic E-state index is 12.8. The molecule has 3 heteroatoms. The molecule has 0 saturated carbocycles. The zero-order valence-electron chi connectivity index (χ0n) is 17.7. The van der Waals surface area contributed by atoms with E-state index in [4.69, 9.17) is 4.74 Å². The van der Waals surface area contributed by atoms with E-state index in [1.807, 2.05) is 19.9 Å². The molecule has 0 fully saturated rings. The molecule has 0 heterocycles. The zero-order chi connectivity index (χ0) is 20.1. The molecule has 2 aromatic rings. The quantitative estimate of drug-likeness (QED) is 0.674. The van der Waals surface area contributed by atoms with E-state index < -0.39 is 6.10 Å². The van der Waals surface area contributed by atoms with Gasteiger partial charge in [0.1, 0.15) is 5.75 Å². The zero-order valence-corrected chi connectivity index (χ0v) is 17.7. The number of hydrogen-bond donors (Lipinski definition) is 1. The van der Waals surface area contributed by atoms with Crippen LogP contribution in [0.1, 0.15) is 73.9 Å². The molecule has 0 radical (unpaired) electrons. The lowest BCUT2D eigenvalue weighted by atomic mass is 9.97. The summed E-state index contributed by atoms with van der Waals surface area (Å²) in [5, 5.41) is 3.16. The van der Waals surface area contributed by atoms with Crippen LogP contribution in [0, 0.1) is 20.8 Å². The van der Waals surface area contributed by atoms with Crippen molar-refractivity contribution in [1.29, 1.82) is 0 Å². The van der Waals surface area contributed by atoms with Crippen LogP contribution in [0.15, 0.2) is 36.4 Å². The summed E-state index contributed by atoms with van der Waals surface area (Å²) in [6, 6.07) is 12.5. The first-order chi connectivity index (χ1) is 12.7. The molecule has 0 unspecified atom stereocenters. The number of carbonyl (C=O) groups excluding carboxylic acids is 1. The summed E-state index contributed by atoms with van der Waals surface area (Å²) >= 11 is 0. The molecule has 2 atom stereocenters. The molecule has 2 rings (SSSR count). The van der Waals surface area contributed by atoms with Crippen LogP contribution in [0.3, 0.4) is 0 Å². The molecule has 0 saturated heterocycles. The summed E-state index contributed by atoms with van der Waals surface area (Å²) in [7, 11) is 0. The molecule has 2 aromatic carbocycles. The second-order valence-corrected chi connectivity index (χ2v) is 7.79. The highest BCUT2D eigenvalue weighted by molar-refractivity contribution is 5.81. The van der Waals surface area contributed by atoms with E-state index in [0.29, 0.717) is 5.92 Å². The van der Waals surface area contributed by atoms with Gasteiger partial charge in [-0.05, 0) is 68.4 Å². The summed E-state index contributed by atoms with van der Waals surface area (Å²) < 4.78 is 6.07. The van der Waals surface area contributed by atoms with E-state index in [2.05, 4.69) is 70.3 Å². The van der Waals surface area contributed by atoms with Gasteiger partial charge in [-0.25, -0.2) is 0 Å². The minimum Gasteiger partial charge on any atom is -0.481 e. The Morgan fingerprint density at radius 1 is 0.963 bits per heavy atom. The van der Waals surface area contributed by atoms with E-state index in [-0.39, 0.29) is 11.9 Å². The van der Waals surface area contributed by atoms with Crippen molar-refractivity contribution in [3.8, 4) is 5.75 Å². The molecule has 1 amide bonds. The molecule has 146 valence electrons. The maximum Gasteiger partial charge on any atom is 0.261 e. The Bertz CT molecular complexity index is 795. The molecule has 1 N–H and O–H groups in total. The predicted molar refractivity (Wildman–Crippen MR) is 112 cm³/mol. The standard InChI is InChI=1S/C24H33NO2/c1-8-22(21-12-10-16(4)13-18(21)6)25-24(26)19(7)27-23-14-17(5)9-11-20(23)15(2)3/h9-15,19,22H,8H2,1-7H3,(H,25,26)/t19-,22+/m0/s1. The van der Waals surface area contributed by atoms with E-state index in [1.54, 1.807) is 0 Å². The number of ether oxygens (including phenoxy) is 1. The smallest absolute Gasteiger partial charge is 0.261 e. The van der Waals surface area contributed by atoms with Crippen LogP contribution in [-0.4, -0.2) is 12.0 Å². The second-order valence-electron chi connectivity index (χ2n) is 7.79. The van der Waals surface area contributed by atoms with Gasteiger partial charge in [0.15, 0.2) is 6.10 Å². The first-order valence-corrected chi connectivity index (χ1v) is 9.87. The van der Waals surface area contributed by atoms with Crippen LogP contribution < -0.4 is 10.1 Å². The lowest BCUT2D eigenvalue weighted by Gasteiger charge is -2.24. The summed E-state index contributed by atoms with van der Waals surface area (Å²) in [6.07, 6.45) is 0.286. The van der Waals surface area contributed by atoms with Gasteiger partial charge in [0.2, 0.25) is 0 Å². The van der Waals surface area contributed by atoms with Crippen molar-refractivity contribution in [3.63, 3.8) is 0 Å². The maximum atomic E-state index is 12.8. The molecule has 0 aliphatic heterocycles. The molecule has 0 spiro atoms. The Morgan fingerprint density at radius 3 is 2.11 bits per heavy atom. The monoisotopic (exact) mass is 367 g/mol. The van der Waals surface area contributed by atoms with Crippen LogP contribution in [0.25, 0.3) is 0 Å². The molecule has 3 nitrogen and oxygen atoms in total. The first-order valence-electron chi connectivity index (χ1n) is 9.87. The number of rotatable bonds is 7. The normalized spacial score (nSPS) is 13.3. The lowest BCUT2D eigenvalue weighted by molar-refractivity contribution is -0.128. The van der Waals surface area contributed by atoms with Crippen molar-refractivity contribution in [1.82, 2.24) is 5.32 Å². The van der Waals surface area contributed by atoms with Gasteiger partial charge in [0, 0.05) is 0 Å². The highest BCUT2D eigenvalue weighted by Gasteiger charge is 2.21. The van der Waals surface area contributed by atoms with Gasteiger partial charge in [-0.3, -0.25) is 4.79 Å². The molecule has 27 heavy (non-hydrogen) atoms. The van der Waals surface area contributed by atoms with Crippen molar-refractivity contribution in [2.45, 2.75) is 73.0 Å². The Labute approximate surface area is 164 Å². The average Bonchev–Trinajstić information content (AvgIpc) is 2.59. The molecule has 0 aliphatic carbocycles.